The van der Waals surface area contributed by atoms with E-state index in [-0.39, 0.29) is 5.82 Å². The molecule has 0 saturated carbocycles. The van der Waals surface area contributed by atoms with Gasteiger partial charge in [0.2, 0.25) is 0 Å². The third-order valence-corrected chi connectivity index (χ3v) is 4.27. The van der Waals surface area contributed by atoms with Crippen molar-refractivity contribution < 1.29 is 4.39 Å². The van der Waals surface area contributed by atoms with Gasteiger partial charge in [0.25, 0.3) is 0 Å². The van der Waals surface area contributed by atoms with Crippen LogP contribution in [0.5, 0.6) is 0 Å². The van der Waals surface area contributed by atoms with Gasteiger partial charge < -0.3 is 0 Å². The van der Waals surface area contributed by atoms with E-state index in [4.69, 9.17) is 4.98 Å². The van der Waals surface area contributed by atoms with Crippen LogP contribution in [-0.4, -0.2) is 15.0 Å². The molecule has 122 valence electrons. The molecule has 0 fully saturated rings. The summed E-state index contributed by atoms with van der Waals surface area (Å²) in [4.78, 5) is 13.6. The van der Waals surface area contributed by atoms with Crippen LogP contribution >= 0.6 is 0 Å². The van der Waals surface area contributed by atoms with Crippen molar-refractivity contribution in [1.82, 2.24) is 15.0 Å². The quantitative estimate of drug-likeness (QED) is 0.512. The lowest BCUT2D eigenvalue weighted by atomic mass is 10.0. The number of halogens is 1. The van der Waals surface area contributed by atoms with Gasteiger partial charge in [0.1, 0.15) is 23.4 Å². The van der Waals surface area contributed by atoms with E-state index in [2.05, 4.69) is 42.0 Å². The van der Waals surface area contributed by atoms with Gasteiger partial charge in [0.15, 0.2) is 0 Å². The van der Waals surface area contributed by atoms with E-state index in [0.29, 0.717) is 0 Å². The number of aromatic nitrogens is 3. The Morgan fingerprint density at radius 2 is 1.64 bits per heavy atom. The molecule has 3 nitrogen and oxygen atoms in total. The SMILES string of the molecule is Cc1ccc(C)c(-c2ncnc3ccc(-c4ccc(F)cc4)nc23)c1. The molecule has 0 atom stereocenters. The standard InChI is InChI=1S/C21H16FN3/c1-13-3-4-14(2)17(11-13)20-21-19(23-12-24-20)10-9-18(25-21)15-5-7-16(22)8-6-15/h3-12H,1-2H3. The fourth-order valence-corrected chi connectivity index (χ4v) is 2.91. The molecule has 4 rings (SSSR count). The second-order valence-corrected chi connectivity index (χ2v) is 6.11. The summed E-state index contributed by atoms with van der Waals surface area (Å²) in [7, 11) is 0. The topological polar surface area (TPSA) is 38.7 Å². The third kappa shape index (κ3) is 2.87. The molecule has 0 N–H and O–H groups in total. The highest BCUT2D eigenvalue weighted by molar-refractivity contribution is 5.91. The number of hydrogen-bond donors (Lipinski definition) is 0. The fourth-order valence-electron chi connectivity index (χ4n) is 2.91. The van der Waals surface area contributed by atoms with Gasteiger partial charge in [-0.05, 0) is 61.9 Å². The number of fused-ring (bicyclic) bond motifs is 1. The van der Waals surface area contributed by atoms with Crippen LogP contribution in [0.25, 0.3) is 33.5 Å². The average Bonchev–Trinajstić information content (AvgIpc) is 2.63. The zero-order valence-corrected chi connectivity index (χ0v) is 14.0. The van der Waals surface area contributed by atoms with E-state index in [9.17, 15) is 4.39 Å². The minimum atomic E-state index is -0.260. The van der Waals surface area contributed by atoms with Crippen LogP contribution in [0.3, 0.4) is 0 Å². The summed E-state index contributed by atoms with van der Waals surface area (Å²) < 4.78 is 13.2. The number of pyridine rings is 1. The molecule has 0 bridgehead atoms. The summed E-state index contributed by atoms with van der Waals surface area (Å²) in [6.45, 7) is 4.12. The van der Waals surface area contributed by atoms with E-state index < -0.39 is 0 Å². The monoisotopic (exact) mass is 329 g/mol. The Morgan fingerprint density at radius 1 is 0.840 bits per heavy atom. The van der Waals surface area contributed by atoms with Crippen molar-refractivity contribution in [2.24, 2.45) is 0 Å². The largest absolute Gasteiger partial charge is 0.244 e. The highest BCUT2D eigenvalue weighted by Gasteiger charge is 2.12. The summed E-state index contributed by atoms with van der Waals surface area (Å²) in [5.41, 5.74) is 7.34. The van der Waals surface area contributed by atoms with Crippen LogP contribution in [0.15, 0.2) is 60.9 Å². The van der Waals surface area contributed by atoms with E-state index in [1.54, 1.807) is 18.5 Å². The molecular weight excluding hydrogens is 313 g/mol. The maximum atomic E-state index is 13.2. The Hall–Kier alpha value is -3.14. The predicted octanol–water partition coefficient (Wildman–Crippen LogP) is 5.11. The number of benzene rings is 2. The van der Waals surface area contributed by atoms with Gasteiger partial charge in [-0.15, -0.1) is 0 Å². The van der Waals surface area contributed by atoms with Gasteiger partial charge in [0.05, 0.1) is 11.2 Å². The maximum absolute atomic E-state index is 13.2. The Balaban J connectivity index is 1.95. The highest BCUT2D eigenvalue weighted by atomic mass is 19.1. The van der Waals surface area contributed by atoms with Gasteiger partial charge >= 0.3 is 0 Å². The lowest BCUT2D eigenvalue weighted by Gasteiger charge is -2.10. The smallest absolute Gasteiger partial charge is 0.123 e. The van der Waals surface area contributed by atoms with Crippen molar-refractivity contribution in [3.8, 4) is 22.5 Å². The molecule has 0 amide bonds. The van der Waals surface area contributed by atoms with Crippen molar-refractivity contribution >= 4 is 11.0 Å². The number of nitrogens with zero attached hydrogens (tertiary/aromatic N) is 3. The molecule has 2 heterocycles. The molecule has 25 heavy (non-hydrogen) atoms. The van der Waals surface area contributed by atoms with Crippen LogP contribution in [0.4, 0.5) is 4.39 Å². The maximum Gasteiger partial charge on any atom is 0.123 e. The molecule has 0 aliphatic heterocycles. The Morgan fingerprint density at radius 3 is 2.44 bits per heavy atom. The molecule has 0 spiro atoms. The Labute approximate surface area is 145 Å². The van der Waals surface area contributed by atoms with Gasteiger partial charge in [-0.2, -0.15) is 0 Å². The molecule has 2 aromatic heterocycles. The van der Waals surface area contributed by atoms with Gasteiger partial charge in [0, 0.05) is 11.1 Å². The summed E-state index contributed by atoms with van der Waals surface area (Å²) in [5, 5.41) is 0. The first-order valence-corrected chi connectivity index (χ1v) is 8.07. The summed E-state index contributed by atoms with van der Waals surface area (Å²) in [6, 6.07) is 16.4. The van der Waals surface area contributed by atoms with Crippen LogP contribution < -0.4 is 0 Å². The zero-order valence-electron chi connectivity index (χ0n) is 14.0. The van der Waals surface area contributed by atoms with E-state index in [1.807, 2.05) is 12.1 Å². The van der Waals surface area contributed by atoms with Crippen LogP contribution in [-0.2, 0) is 0 Å². The second-order valence-electron chi connectivity index (χ2n) is 6.11. The van der Waals surface area contributed by atoms with Crippen molar-refractivity contribution in [3.05, 3.63) is 77.9 Å². The van der Waals surface area contributed by atoms with Crippen molar-refractivity contribution in [2.75, 3.05) is 0 Å². The fraction of sp³-hybridized carbons (Fsp3) is 0.0952. The first kappa shape index (κ1) is 15.4. The Bertz CT molecular complexity index is 1070. The second kappa shape index (κ2) is 6.06. The van der Waals surface area contributed by atoms with E-state index in [1.165, 1.54) is 17.7 Å². The molecule has 0 aliphatic rings. The van der Waals surface area contributed by atoms with Gasteiger partial charge in [-0.25, -0.2) is 19.3 Å². The normalized spacial score (nSPS) is 11.0. The summed E-state index contributed by atoms with van der Waals surface area (Å²) >= 11 is 0. The van der Waals surface area contributed by atoms with Gasteiger partial charge in [-0.3, -0.25) is 0 Å². The van der Waals surface area contributed by atoms with Crippen molar-refractivity contribution in [1.29, 1.82) is 0 Å². The lowest BCUT2D eigenvalue weighted by Crippen LogP contribution is -1.95. The first-order valence-electron chi connectivity index (χ1n) is 8.07. The van der Waals surface area contributed by atoms with Gasteiger partial charge in [-0.1, -0.05) is 17.7 Å². The molecular formula is C21H16FN3. The summed E-state index contributed by atoms with van der Waals surface area (Å²) in [6.07, 6.45) is 1.57. The molecule has 0 aliphatic carbocycles. The molecule has 0 radical (unpaired) electrons. The van der Waals surface area contributed by atoms with E-state index in [0.717, 1.165) is 39.1 Å². The highest BCUT2D eigenvalue weighted by Crippen LogP contribution is 2.29. The predicted molar refractivity (Wildman–Crippen MR) is 97.6 cm³/mol. The van der Waals surface area contributed by atoms with E-state index >= 15 is 0 Å². The minimum Gasteiger partial charge on any atom is -0.244 e. The molecule has 0 unspecified atom stereocenters. The number of hydrogen-bond acceptors (Lipinski definition) is 3. The first-order chi connectivity index (χ1) is 12.1. The van der Waals surface area contributed by atoms with Crippen molar-refractivity contribution in [3.63, 3.8) is 0 Å². The lowest BCUT2D eigenvalue weighted by molar-refractivity contribution is 0.628. The number of rotatable bonds is 2. The van der Waals surface area contributed by atoms with Crippen LogP contribution in [0.2, 0.25) is 0 Å². The van der Waals surface area contributed by atoms with Crippen LogP contribution in [0, 0.1) is 19.7 Å². The van der Waals surface area contributed by atoms with Crippen molar-refractivity contribution in [2.45, 2.75) is 13.8 Å². The number of aryl methyl sites for hydroxylation is 2. The minimum absolute atomic E-state index is 0.260. The zero-order chi connectivity index (χ0) is 17.4. The summed E-state index contributed by atoms with van der Waals surface area (Å²) in [5.74, 6) is -0.260. The Kier molecular flexibility index (Phi) is 3.73. The van der Waals surface area contributed by atoms with Crippen LogP contribution in [0.1, 0.15) is 11.1 Å². The molecule has 4 heteroatoms. The molecule has 4 aromatic rings. The molecule has 0 saturated heterocycles. The molecule has 2 aromatic carbocycles. The third-order valence-electron chi connectivity index (χ3n) is 4.27. The average molecular weight is 329 g/mol.